The monoisotopic (exact) mass is 497 g/mol. The van der Waals surface area contributed by atoms with Gasteiger partial charge in [0.2, 0.25) is 0 Å². The number of nitrogens with zero attached hydrogens (tertiary/aromatic N) is 4. The van der Waals surface area contributed by atoms with Gasteiger partial charge < -0.3 is 10.3 Å². The van der Waals surface area contributed by atoms with E-state index in [-0.39, 0.29) is 0 Å². The van der Waals surface area contributed by atoms with Gasteiger partial charge in [0.05, 0.1) is 11.0 Å². The van der Waals surface area contributed by atoms with E-state index in [2.05, 4.69) is 85.5 Å². The topological polar surface area (TPSA) is 60.0 Å². The van der Waals surface area contributed by atoms with Gasteiger partial charge in [-0.15, -0.1) is 0 Å². The highest BCUT2D eigenvalue weighted by molar-refractivity contribution is 6.06. The molecular weight excluding hydrogens is 454 g/mol. The maximum Gasteiger partial charge on any atom is 0.152 e. The number of nitrogen functional groups attached to an aromatic ring is 1. The van der Waals surface area contributed by atoms with Crippen LogP contribution in [0.1, 0.15) is 77.3 Å². The molecule has 2 aromatic heterocycles. The highest BCUT2D eigenvalue weighted by Crippen LogP contribution is 2.45. The third-order valence-electron chi connectivity index (χ3n) is 8.22. The third kappa shape index (κ3) is 5.52. The molecule has 0 spiro atoms. The summed E-state index contributed by atoms with van der Waals surface area (Å²) < 4.78 is 2.37. The van der Waals surface area contributed by atoms with E-state index in [4.69, 9.17) is 10.7 Å². The molecule has 5 nitrogen and oxygen atoms in total. The SMILES string of the molecule is CCCCc1nc2c(N)nc3ccccc3c2n1Cc1ccc(CN(CC(C)(C)C2CC2)C(C)C)cc1. The molecule has 4 aromatic rings. The van der Waals surface area contributed by atoms with Gasteiger partial charge in [0.1, 0.15) is 11.3 Å². The van der Waals surface area contributed by atoms with Gasteiger partial charge in [-0.05, 0) is 61.6 Å². The zero-order valence-electron chi connectivity index (χ0n) is 23.3. The summed E-state index contributed by atoms with van der Waals surface area (Å²) in [6.07, 6.45) is 5.98. The lowest BCUT2D eigenvalue weighted by Gasteiger charge is -2.35. The van der Waals surface area contributed by atoms with E-state index in [1.165, 1.54) is 24.0 Å². The average molecular weight is 498 g/mol. The van der Waals surface area contributed by atoms with Crippen LogP contribution < -0.4 is 5.73 Å². The number of unbranched alkanes of at least 4 members (excludes halogenated alkanes) is 1. The zero-order chi connectivity index (χ0) is 26.2. The van der Waals surface area contributed by atoms with Gasteiger partial charge in [-0.2, -0.15) is 0 Å². The molecule has 0 unspecified atom stereocenters. The van der Waals surface area contributed by atoms with Crippen LogP contribution in [-0.2, 0) is 19.5 Å². The third-order valence-corrected chi connectivity index (χ3v) is 8.22. The Kier molecular flexibility index (Phi) is 7.26. The second-order valence-electron chi connectivity index (χ2n) is 12.0. The fourth-order valence-electron chi connectivity index (χ4n) is 5.71. The molecule has 0 radical (unpaired) electrons. The number of hydrogen-bond donors (Lipinski definition) is 1. The Morgan fingerprint density at radius 3 is 2.41 bits per heavy atom. The molecule has 0 amide bonds. The van der Waals surface area contributed by atoms with Crippen molar-refractivity contribution < 1.29 is 0 Å². The summed E-state index contributed by atoms with van der Waals surface area (Å²) in [5.74, 6) is 2.51. The number of pyridine rings is 1. The number of hydrogen-bond acceptors (Lipinski definition) is 4. The fraction of sp³-hybridized carbons (Fsp3) is 0.500. The number of rotatable bonds is 11. The first-order valence-electron chi connectivity index (χ1n) is 14.1. The Labute approximate surface area is 222 Å². The Hall–Kier alpha value is -2.92. The van der Waals surface area contributed by atoms with Crippen LogP contribution >= 0.6 is 0 Å². The summed E-state index contributed by atoms with van der Waals surface area (Å²) in [5, 5.41) is 1.12. The highest BCUT2D eigenvalue weighted by atomic mass is 15.2. The number of aryl methyl sites for hydroxylation is 1. The van der Waals surface area contributed by atoms with Crippen molar-refractivity contribution in [1.29, 1.82) is 0 Å². The van der Waals surface area contributed by atoms with Gasteiger partial charge in [0.15, 0.2) is 5.82 Å². The molecule has 2 N–H and O–H groups in total. The summed E-state index contributed by atoms with van der Waals surface area (Å²) in [7, 11) is 0. The fourth-order valence-corrected chi connectivity index (χ4v) is 5.71. The van der Waals surface area contributed by atoms with Crippen molar-refractivity contribution in [3.05, 3.63) is 65.5 Å². The molecule has 0 aliphatic heterocycles. The van der Waals surface area contributed by atoms with E-state index < -0.39 is 0 Å². The Morgan fingerprint density at radius 2 is 1.73 bits per heavy atom. The number of fused-ring (bicyclic) bond motifs is 3. The molecular formula is C32H43N5. The lowest BCUT2D eigenvalue weighted by molar-refractivity contribution is 0.121. The summed E-state index contributed by atoms with van der Waals surface area (Å²) in [4.78, 5) is 12.3. The highest BCUT2D eigenvalue weighted by Gasteiger charge is 2.39. The van der Waals surface area contributed by atoms with Crippen molar-refractivity contribution in [2.24, 2.45) is 11.3 Å². The predicted molar refractivity (Wildman–Crippen MR) is 156 cm³/mol. The molecule has 0 atom stereocenters. The second-order valence-corrected chi connectivity index (χ2v) is 12.0. The Morgan fingerprint density at radius 1 is 1.03 bits per heavy atom. The quantitative estimate of drug-likeness (QED) is 0.238. The first kappa shape index (κ1) is 25.7. The van der Waals surface area contributed by atoms with Crippen LogP contribution in [0, 0.1) is 11.3 Å². The number of imidazole rings is 1. The number of para-hydroxylation sites is 1. The molecule has 0 saturated heterocycles. The number of nitrogens with two attached hydrogens (primary N) is 1. The predicted octanol–water partition coefficient (Wildman–Crippen LogP) is 7.20. The van der Waals surface area contributed by atoms with Crippen molar-refractivity contribution in [1.82, 2.24) is 19.4 Å². The van der Waals surface area contributed by atoms with E-state index >= 15 is 0 Å². The lowest BCUT2D eigenvalue weighted by Crippen LogP contribution is -2.39. The summed E-state index contributed by atoms with van der Waals surface area (Å²) in [5.41, 5.74) is 12.3. The minimum atomic E-state index is 0.390. The standard InChI is InChI=1S/C32H43N5/c1-6-7-12-28-35-29-30(26-10-8-9-11-27(26)34-31(29)33)37(28)20-24-15-13-23(14-16-24)19-36(22(2)3)21-32(4,5)25-17-18-25/h8-11,13-16,22,25H,6-7,12,17-21H2,1-5H3,(H2,33,34). The summed E-state index contributed by atoms with van der Waals surface area (Å²) in [6.45, 7) is 14.7. The number of benzene rings is 2. The van der Waals surface area contributed by atoms with Gasteiger partial charge in [0, 0.05) is 37.5 Å². The van der Waals surface area contributed by atoms with Crippen LogP contribution in [0.25, 0.3) is 21.9 Å². The van der Waals surface area contributed by atoms with Gasteiger partial charge in [-0.3, -0.25) is 4.90 Å². The molecule has 1 aliphatic rings. The van der Waals surface area contributed by atoms with Gasteiger partial charge in [0.25, 0.3) is 0 Å². The van der Waals surface area contributed by atoms with Crippen LogP contribution in [-0.4, -0.2) is 32.0 Å². The van der Waals surface area contributed by atoms with Crippen LogP contribution in [0.3, 0.4) is 0 Å². The van der Waals surface area contributed by atoms with E-state index in [1.807, 2.05) is 12.1 Å². The summed E-state index contributed by atoms with van der Waals surface area (Å²) >= 11 is 0. The molecule has 1 fully saturated rings. The van der Waals surface area contributed by atoms with Crippen molar-refractivity contribution >= 4 is 27.8 Å². The molecule has 37 heavy (non-hydrogen) atoms. The van der Waals surface area contributed by atoms with Crippen molar-refractivity contribution in [2.45, 2.75) is 85.9 Å². The maximum atomic E-state index is 6.39. The van der Waals surface area contributed by atoms with Crippen LogP contribution in [0.15, 0.2) is 48.5 Å². The molecule has 2 heterocycles. The Bertz CT molecular complexity index is 1360. The minimum absolute atomic E-state index is 0.390. The van der Waals surface area contributed by atoms with E-state index in [1.54, 1.807) is 0 Å². The van der Waals surface area contributed by atoms with Crippen molar-refractivity contribution in [3.63, 3.8) is 0 Å². The molecule has 5 rings (SSSR count). The lowest BCUT2D eigenvalue weighted by atomic mass is 9.86. The zero-order valence-corrected chi connectivity index (χ0v) is 23.3. The van der Waals surface area contributed by atoms with Crippen LogP contribution in [0.4, 0.5) is 5.82 Å². The summed E-state index contributed by atoms with van der Waals surface area (Å²) in [6, 6.07) is 18.0. The maximum absolute atomic E-state index is 6.39. The molecule has 2 aromatic carbocycles. The molecule has 0 bridgehead atoms. The van der Waals surface area contributed by atoms with Gasteiger partial charge >= 0.3 is 0 Å². The first-order chi connectivity index (χ1) is 17.8. The number of anilines is 1. The van der Waals surface area contributed by atoms with Crippen molar-refractivity contribution in [2.75, 3.05) is 12.3 Å². The average Bonchev–Trinajstić information content (AvgIpc) is 3.67. The van der Waals surface area contributed by atoms with E-state index in [9.17, 15) is 0 Å². The number of aromatic nitrogens is 3. The Balaban J connectivity index is 1.42. The minimum Gasteiger partial charge on any atom is -0.382 e. The molecule has 1 saturated carbocycles. The van der Waals surface area contributed by atoms with Crippen LogP contribution in [0.5, 0.6) is 0 Å². The van der Waals surface area contributed by atoms with Gasteiger partial charge in [-0.1, -0.05) is 69.7 Å². The first-order valence-corrected chi connectivity index (χ1v) is 14.1. The molecule has 196 valence electrons. The van der Waals surface area contributed by atoms with E-state index in [0.717, 1.165) is 72.6 Å². The van der Waals surface area contributed by atoms with Crippen LogP contribution in [0.2, 0.25) is 0 Å². The van der Waals surface area contributed by atoms with E-state index in [0.29, 0.717) is 17.3 Å². The molecule has 5 heteroatoms. The van der Waals surface area contributed by atoms with Crippen molar-refractivity contribution in [3.8, 4) is 0 Å². The largest absolute Gasteiger partial charge is 0.382 e. The van der Waals surface area contributed by atoms with Gasteiger partial charge in [-0.25, -0.2) is 9.97 Å². The normalized spacial score (nSPS) is 14.5. The smallest absolute Gasteiger partial charge is 0.152 e. The second kappa shape index (κ2) is 10.4. The molecule has 1 aliphatic carbocycles.